The fraction of sp³-hybridized carbons (Fsp3) is 0.850. The largest absolute Gasteiger partial charge is 0.508 e. The van der Waals surface area contributed by atoms with Crippen molar-refractivity contribution >= 4 is 6.16 Å². The molecule has 0 spiro atoms. The third-order valence-corrected chi connectivity index (χ3v) is 5.31. The molecule has 0 unspecified atom stereocenters. The number of aliphatic hydroxyl groups is 1. The molecule has 0 saturated carbocycles. The van der Waals surface area contributed by atoms with E-state index in [1.165, 1.54) is 0 Å². The lowest BCUT2D eigenvalue weighted by atomic mass is 9.91. The highest BCUT2D eigenvalue weighted by Crippen LogP contribution is 2.45. The van der Waals surface area contributed by atoms with Crippen LogP contribution in [0, 0.1) is 0 Å². The predicted octanol–water partition coefficient (Wildman–Crippen LogP) is 3.75. The standard InChI is InChI=1S/C20H34O6/c1-8-18(5)11-9-15(24-18)20(7)12-10-14(25-20)19(6,22)13-23-16(21)26-17(2,3)4/h8,14-15,22H,1,9-13H2,2-7H3/t14-,15-,18-,19+,20+/m0/s1. The van der Waals surface area contributed by atoms with E-state index in [0.717, 1.165) is 19.3 Å². The maximum Gasteiger partial charge on any atom is 0.508 e. The molecule has 26 heavy (non-hydrogen) atoms. The maximum absolute atomic E-state index is 11.7. The molecule has 0 aromatic heterocycles. The van der Waals surface area contributed by atoms with E-state index in [-0.39, 0.29) is 18.3 Å². The van der Waals surface area contributed by atoms with Gasteiger partial charge in [0.25, 0.3) is 0 Å². The van der Waals surface area contributed by atoms with E-state index in [0.29, 0.717) is 6.42 Å². The highest BCUT2D eigenvalue weighted by atomic mass is 16.7. The topological polar surface area (TPSA) is 74.2 Å². The van der Waals surface area contributed by atoms with Crippen LogP contribution in [-0.4, -0.2) is 52.5 Å². The molecule has 150 valence electrons. The summed E-state index contributed by atoms with van der Waals surface area (Å²) in [7, 11) is 0. The molecule has 0 bridgehead atoms. The number of rotatable bonds is 5. The third kappa shape index (κ3) is 4.99. The molecular formula is C20H34O6. The molecule has 0 aromatic rings. The second kappa shape index (κ2) is 7.13. The second-order valence-corrected chi connectivity index (χ2v) is 9.23. The van der Waals surface area contributed by atoms with Crippen LogP contribution in [0.5, 0.6) is 0 Å². The molecular weight excluding hydrogens is 336 g/mol. The fourth-order valence-electron chi connectivity index (χ4n) is 3.55. The van der Waals surface area contributed by atoms with Crippen LogP contribution in [-0.2, 0) is 18.9 Å². The van der Waals surface area contributed by atoms with Crippen molar-refractivity contribution in [2.24, 2.45) is 0 Å². The zero-order valence-corrected chi connectivity index (χ0v) is 17.0. The first-order valence-corrected chi connectivity index (χ1v) is 9.36. The van der Waals surface area contributed by atoms with Gasteiger partial charge in [0.15, 0.2) is 0 Å². The third-order valence-electron chi connectivity index (χ3n) is 5.31. The molecule has 6 heteroatoms. The lowest BCUT2D eigenvalue weighted by molar-refractivity contribution is -0.182. The van der Waals surface area contributed by atoms with Gasteiger partial charge in [-0.3, -0.25) is 0 Å². The van der Waals surface area contributed by atoms with Crippen LogP contribution in [0.2, 0.25) is 0 Å². The number of carbonyl (C=O) groups is 1. The smallest absolute Gasteiger partial charge is 0.431 e. The lowest BCUT2D eigenvalue weighted by Gasteiger charge is -2.36. The van der Waals surface area contributed by atoms with Crippen LogP contribution in [0.3, 0.4) is 0 Å². The number of ether oxygens (including phenoxy) is 4. The Morgan fingerprint density at radius 1 is 1.23 bits per heavy atom. The summed E-state index contributed by atoms with van der Waals surface area (Å²) in [5.41, 5.74) is -2.73. The zero-order chi connectivity index (χ0) is 19.8. The second-order valence-electron chi connectivity index (χ2n) is 9.23. The summed E-state index contributed by atoms with van der Waals surface area (Å²) < 4.78 is 22.6. The van der Waals surface area contributed by atoms with Gasteiger partial charge in [-0.15, -0.1) is 6.58 Å². The van der Waals surface area contributed by atoms with Crippen molar-refractivity contribution in [2.75, 3.05) is 6.61 Å². The minimum atomic E-state index is -1.30. The van der Waals surface area contributed by atoms with Crippen molar-refractivity contribution in [3.05, 3.63) is 12.7 Å². The first-order chi connectivity index (χ1) is 11.8. The van der Waals surface area contributed by atoms with Crippen molar-refractivity contribution < 1.29 is 28.8 Å². The van der Waals surface area contributed by atoms with Gasteiger partial charge in [0.05, 0.1) is 23.4 Å². The van der Waals surface area contributed by atoms with E-state index >= 15 is 0 Å². The Morgan fingerprint density at radius 3 is 2.42 bits per heavy atom. The van der Waals surface area contributed by atoms with Crippen molar-refractivity contribution in [1.82, 2.24) is 0 Å². The molecule has 0 aromatic carbocycles. The molecule has 2 saturated heterocycles. The molecule has 1 N–H and O–H groups in total. The van der Waals surface area contributed by atoms with Gasteiger partial charge < -0.3 is 24.1 Å². The molecule has 0 radical (unpaired) electrons. The Balaban J connectivity index is 1.92. The molecule has 6 nitrogen and oxygen atoms in total. The Bertz CT molecular complexity index is 537. The van der Waals surface area contributed by atoms with E-state index in [1.807, 2.05) is 19.9 Å². The molecule has 2 aliphatic rings. The summed E-state index contributed by atoms with van der Waals surface area (Å²) >= 11 is 0. The van der Waals surface area contributed by atoms with Crippen LogP contribution in [0.15, 0.2) is 12.7 Å². The summed E-state index contributed by atoms with van der Waals surface area (Å²) in [6, 6.07) is 0. The number of hydrogen-bond acceptors (Lipinski definition) is 6. The monoisotopic (exact) mass is 370 g/mol. The molecule has 2 heterocycles. The van der Waals surface area contributed by atoms with Gasteiger partial charge in [-0.2, -0.15) is 0 Å². The van der Waals surface area contributed by atoms with Gasteiger partial charge in [-0.1, -0.05) is 6.08 Å². The Kier molecular flexibility index (Phi) is 5.81. The van der Waals surface area contributed by atoms with Gasteiger partial charge in [0.1, 0.15) is 17.8 Å². The van der Waals surface area contributed by atoms with E-state index in [9.17, 15) is 9.90 Å². The Hall–Kier alpha value is -1.11. The van der Waals surface area contributed by atoms with Crippen LogP contribution in [0.4, 0.5) is 4.79 Å². The number of hydrogen-bond donors (Lipinski definition) is 1. The molecule has 2 rings (SSSR count). The lowest BCUT2D eigenvalue weighted by Crippen LogP contribution is -2.48. The molecule has 2 fully saturated rings. The van der Waals surface area contributed by atoms with Crippen LogP contribution < -0.4 is 0 Å². The Labute approximate surface area is 156 Å². The average Bonchev–Trinajstić information content (AvgIpc) is 3.10. The quantitative estimate of drug-likeness (QED) is 0.587. The average molecular weight is 370 g/mol. The van der Waals surface area contributed by atoms with Gasteiger partial charge in [0, 0.05) is 0 Å². The normalized spacial score (nSPS) is 37.2. The highest BCUT2D eigenvalue weighted by Gasteiger charge is 2.52. The molecule has 2 aliphatic heterocycles. The van der Waals surface area contributed by atoms with Crippen molar-refractivity contribution in [3.8, 4) is 0 Å². The van der Waals surface area contributed by atoms with Gasteiger partial charge in [-0.05, 0) is 67.2 Å². The zero-order valence-electron chi connectivity index (χ0n) is 17.0. The summed E-state index contributed by atoms with van der Waals surface area (Å²) in [4.78, 5) is 11.7. The van der Waals surface area contributed by atoms with Crippen LogP contribution in [0.25, 0.3) is 0 Å². The van der Waals surface area contributed by atoms with E-state index < -0.39 is 29.1 Å². The van der Waals surface area contributed by atoms with Gasteiger partial charge in [-0.25, -0.2) is 4.79 Å². The molecule has 0 aliphatic carbocycles. The highest BCUT2D eigenvalue weighted by molar-refractivity contribution is 5.60. The number of carbonyl (C=O) groups excluding carboxylic acids is 1. The minimum Gasteiger partial charge on any atom is -0.431 e. The van der Waals surface area contributed by atoms with Crippen molar-refractivity contribution in [2.45, 2.75) is 102 Å². The van der Waals surface area contributed by atoms with Gasteiger partial charge >= 0.3 is 6.16 Å². The van der Waals surface area contributed by atoms with E-state index in [1.54, 1.807) is 27.7 Å². The van der Waals surface area contributed by atoms with Crippen LogP contribution in [0.1, 0.15) is 67.2 Å². The van der Waals surface area contributed by atoms with Gasteiger partial charge in [0.2, 0.25) is 0 Å². The summed E-state index contributed by atoms with van der Waals surface area (Å²) in [6.45, 7) is 14.6. The SMILES string of the molecule is C=C[C@@]1(C)CC[C@@H]([C@@]2(C)CC[C@@H]([C@](C)(O)COC(=O)OC(C)(C)C)O2)O1. The van der Waals surface area contributed by atoms with Crippen molar-refractivity contribution in [1.29, 1.82) is 0 Å². The first-order valence-electron chi connectivity index (χ1n) is 9.36. The van der Waals surface area contributed by atoms with E-state index in [4.69, 9.17) is 18.9 Å². The van der Waals surface area contributed by atoms with Crippen molar-refractivity contribution in [3.63, 3.8) is 0 Å². The fourth-order valence-corrected chi connectivity index (χ4v) is 3.55. The maximum atomic E-state index is 11.7. The molecule has 0 amide bonds. The van der Waals surface area contributed by atoms with E-state index in [2.05, 4.69) is 6.58 Å². The Morgan fingerprint density at radius 2 is 1.88 bits per heavy atom. The summed E-state index contributed by atoms with van der Waals surface area (Å²) in [5.74, 6) is 0. The first kappa shape index (κ1) is 21.2. The minimum absolute atomic E-state index is 0.0434. The summed E-state index contributed by atoms with van der Waals surface area (Å²) in [5, 5.41) is 10.8. The molecule has 5 atom stereocenters. The summed E-state index contributed by atoms with van der Waals surface area (Å²) in [6.07, 6.45) is 3.81. The van der Waals surface area contributed by atoms with Crippen LogP contribution >= 0.6 is 0 Å². The predicted molar refractivity (Wildman–Crippen MR) is 98.0 cm³/mol.